The van der Waals surface area contributed by atoms with E-state index in [1.807, 2.05) is 49.4 Å². The minimum atomic E-state index is -0.547. The van der Waals surface area contributed by atoms with Gasteiger partial charge >= 0.3 is 0 Å². The number of benzene rings is 2. The molecular weight excluding hydrogens is 292 g/mol. The van der Waals surface area contributed by atoms with Crippen LogP contribution in [-0.4, -0.2) is 0 Å². The van der Waals surface area contributed by atoms with Crippen LogP contribution in [0.15, 0.2) is 60.2 Å². The molecule has 2 aliphatic rings. The fourth-order valence-electron chi connectivity index (χ4n) is 4.90. The smallest absolute Gasteiger partial charge is 0.0997 e. The molecule has 0 radical (unpaired) electrons. The Balaban J connectivity index is 2.00. The lowest BCUT2D eigenvalue weighted by Crippen LogP contribution is -2.60. The summed E-state index contributed by atoms with van der Waals surface area (Å²) in [6.45, 7) is 4.20. The number of hydrogen-bond donors (Lipinski definition) is 0. The first-order valence-corrected chi connectivity index (χ1v) is 8.27. The van der Waals surface area contributed by atoms with E-state index in [2.05, 4.69) is 31.2 Å². The summed E-state index contributed by atoms with van der Waals surface area (Å²) < 4.78 is 0. The third kappa shape index (κ3) is 1.49. The van der Waals surface area contributed by atoms with Gasteiger partial charge in [-0.2, -0.15) is 10.5 Å². The summed E-state index contributed by atoms with van der Waals surface area (Å²) in [5.74, 6) is 0.259. The van der Waals surface area contributed by atoms with E-state index < -0.39 is 5.41 Å². The molecule has 2 heteroatoms. The molecule has 2 aliphatic carbocycles. The van der Waals surface area contributed by atoms with Gasteiger partial charge in [0, 0.05) is 5.41 Å². The topological polar surface area (TPSA) is 47.6 Å². The van der Waals surface area contributed by atoms with Gasteiger partial charge in [0.25, 0.3) is 0 Å². The van der Waals surface area contributed by atoms with Gasteiger partial charge in [0.2, 0.25) is 0 Å². The maximum Gasteiger partial charge on any atom is 0.0997 e. The Hall–Kier alpha value is -2.84. The van der Waals surface area contributed by atoms with Crippen LogP contribution in [0.4, 0.5) is 0 Å². The van der Waals surface area contributed by atoms with Crippen molar-refractivity contribution in [3.63, 3.8) is 0 Å². The Labute approximate surface area is 142 Å². The predicted molar refractivity (Wildman–Crippen MR) is 93.8 cm³/mol. The van der Waals surface area contributed by atoms with Crippen LogP contribution in [0, 0.1) is 28.1 Å². The first kappa shape index (κ1) is 14.7. The Bertz CT molecular complexity index is 942. The highest BCUT2D eigenvalue weighted by molar-refractivity contribution is 5.86. The first-order valence-electron chi connectivity index (χ1n) is 8.27. The number of nitrogens with zero attached hydrogens (tertiary/aromatic N) is 2. The monoisotopic (exact) mass is 310 g/mol. The van der Waals surface area contributed by atoms with Crippen LogP contribution in [-0.2, 0) is 5.41 Å². The van der Waals surface area contributed by atoms with Crippen molar-refractivity contribution >= 4 is 5.57 Å². The van der Waals surface area contributed by atoms with E-state index >= 15 is 0 Å². The lowest BCUT2D eigenvalue weighted by atomic mass is 9.37. The highest BCUT2D eigenvalue weighted by Crippen LogP contribution is 2.71. The molecule has 0 unspecified atom stereocenters. The van der Waals surface area contributed by atoms with Crippen molar-refractivity contribution in [1.82, 2.24) is 0 Å². The SMILES string of the molecule is CC1=C(C#N)c2ccccc2[C@@]2(C#N)C[C@@H](c3ccccc3)[C@@]12C. The zero-order chi connectivity index (χ0) is 16.9. The lowest BCUT2D eigenvalue weighted by Gasteiger charge is -2.63. The van der Waals surface area contributed by atoms with Gasteiger partial charge < -0.3 is 0 Å². The molecule has 0 bridgehead atoms. The first-order chi connectivity index (χ1) is 11.6. The Kier molecular flexibility index (Phi) is 2.96. The van der Waals surface area contributed by atoms with Crippen LogP contribution in [0.5, 0.6) is 0 Å². The fraction of sp³-hybridized carbons (Fsp3) is 0.273. The average Bonchev–Trinajstić information content (AvgIpc) is 2.62. The van der Waals surface area contributed by atoms with Gasteiger partial charge in [-0.15, -0.1) is 0 Å². The van der Waals surface area contributed by atoms with E-state index in [1.54, 1.807) is 0 Å². The third-order valence-electron chi connectivity index (χ3n) is 6.41. The molecule has 0 saturated heterocycles. The van der Waals surface area contributed by atoms with Crippen molar-refractivity contribution in [2.45, 2.75) is 31.6 Å². The summed E-state index contributed by atoms with van der Waals surface area (Å²) in [5, 5.41) is 19.9. The minimum Gasteiger partial charge on any atom is -0.197 e. The van der Waals surface area contributed by atoms with Crippen molar-refractivity contribution in [1.29, 1.82) is 10.5 Å². The van der Waals surface area contributed by atoms with E-state index in [4.69, 9.17) is 0 Å². The molecule has 0 spiro atoms. The second-order valence-electron chi connectivity index (χ2n) is 7.04. The molecule has 3 atom stereocenters. The van der Waals surface area contributed by atoms with Gasteiger partial charge in [-0.25, -0.2) is 0 Å². The van der Waals surface area contributed by atoms with Crippen LogP contribution < -0.4 is 0 Å². The number of hydrogen-bond acceptors (Lipinski definition) is 2. The molecule has 0 amide bonds. The van der Waals surface area contributed by atoms with Gasteiger partial charge in [0.15, 0.2) is 0 Å². The van der Waals surface area contributed by atoms with E-state index in [-0.39, 0.29) is 11.3 Å². The molecule has 2 nitrogen and oxygen atoms in total. The number of fused-ring (bicyclic) bond motifs is 3. The maximum absolute atomic E-state index is 10.2. The largest absolute Gasteiger partial charge is 0.197 e. The fourth-order valence-corrected chi connectivity index (χ4v) is 4.90. The predicted octanol–water partition coefficient (Wildman–Crippen LogP) is 4.95. The van der Waals surface area contributed by atoms with Crippen LogP contribution in [0.2, 0.25) is 0 Å². The number of allylic oxidation sites excluding steroid dienone is 2. The average molecular weight is 310 g/mol. The Morgan fingerprint density at radius 3 is 2.33 bits per heavy atom. The van der Waals surface area contributed by atoms with Crippen LogP contribution in [0.25, 0.3) is 5.57 Å². The zero-order valence-electron chi connectivity index (χ0n) is 13.9. The summed E-state index contributed by atoms with van der Waals surface area (Å²) in [7, 11) is 0. The van der Waals surface area contributed by atoms with E-state index in [0.29, 0.717) is 0 Å². The van der Waals surface area contributed by atoms with Gasteiger partial charge in [0.05, 0.1) is 23.1 Å². The molecule has 1 fully saturated rings. The van der Waals surface area contributed by atoms with E-state index in [9.17, 15) is 10.5 Å². The number of rotatable bonds is 1. The Morgan fingerprint density at radius 1 is 1.00 bits per heavy atom. The van der Waals surface area contributed by atoms with Gasteiger partial charge in [-0.3, -0.25) is 0 Å². The van der Waals surface area contributed by atoms with Crippen molar-refractivity contribution in [3.05, 3.63) is 76.9 Å². The third-order valence-corrected chi connectivity index (χ3v) is 6.41. The van der Waals surface area contributed by atoms with E-state index in [0.717, 1.165) is 28.7 Å². The molecule has 1 saturated carbocycles. The van der Waals surface area contributed by atoms with Crippen LogP contribution >= 0.6 is 0 Å². The summed E-state index contributed by atoms with van der Waals surface area (Å²) in [5.41, 5.74) is 4.09. The molecule has 2 aromatic carbocycles. The highest BCUT2D eigenvalue weighted by Gasteiger charge is 2.67. The molecule has 116 valence electrons. The van der Waals surface area contributed by atoms with Gasteiger partial charge in [-0.1, -0.05) is 61.5 Å². The zero-order valence-corrected chi connectivity index (χ0v) is 13.9. The Morgan fingerprint density at radius 2 is 1.67 bits per heavy atom. The van der Waals surface area contributed by atoms with E-state index in [1.165, 1.54) is 5.56 Å². The lowest BCUT2D eigenvalue weighted by molar-refractivity contribution is 0.0529. The maximum atomic E-state index is 10.2. The van der Waals surface area contributed by atoms with Crippen LogP contribution in [0.1, 0.15) is 42.9 Å². The molecule has 24 heavy (non-hydrogen) atoms. The minimum absolute atomic E-state index is 0.259. The van der Waals surface area contributed by atoms with Gasteiger partial charge in [-0.05, 0) is 41.5 Å². The second kappa shape index (κ2) is 4.83. The van der Waals surface area contributed by atoms with Gasteiger partial charge in [0.1, 0.15) is 0 Å². The molecular formula is C22H18N2. The number of nitriles is 2. The van der Waals surface area contributed by atoms with Crippen LogP contribution in [0.3, 0.4) is 0 Å². The van der Waals surface area contributed by atoms with Crippen molar-refractivity contribution < 1.29 is 0 Å². The van der Waals surface area contributed by atoms with Crippen molar-refractivity contribution in [3.8, 4) is 12.1 Å². The molecule has 4 rings (SSSR count). The van der Waals surface area contributed by atoms with Crippen molar-refractivity contribution in [2.75, 3.05) is 0 Å². The molecule has 2 aromatic rings. The summed E-state index contributed by atoms with van der Waals surface area (Å²) in [6, 6.07) is 23.4. The van der Waals surface area contributed by atoms with Crippen molar-refractivity contribution in [2.24, 2.45) is 5.41 Å². The normalized spacial score (nSPS) is 30.4. The highest BCUT2D eigenvalue weighted by atomic mass is 14.7. The molecule has 0 aromatic heterocycles. The summed E-state index contributed by atoms with van der Waals surface area (Å²) in [4.78, 5) is 0. The quantitative estimate of drug-likeness (QED) is 0.748. The standard InChI is InChI=1S/C22H18N2/c1-15-18(13-23)17-10-6-7-11-19(17)22(14-24)12-20(21(15,22)2)16-8-4-3-5-9-16/h3-11,20H,12H2,1-2H3/t20-,21+,22-/m0/s1. The molecule has 0 aliphatic heterocycles. The summed E-state index contributed by atoms with van der Waals surface area (Å²) >= 11 is 0. The molecule has 0 N–H and O–H groups in total. The summed E-state index contributed by atoms with van der Waals surface area (Å²) in [6.07, 6.45) is 0.803. The molecule has 0 heterocycles. The second-order valence-corrected chi connectivity index (χ2v) is 7.04.